The van der Waals surface area contributed by atoms with Crippen LogP contribution in [0.1, 0.15) is 42.8 Å². The normalized spacial score (nSPS) is 12.9. The van der Waals surface area contributed by atoms with E-state index in [1.165, 1.54) is 15.9 Å². The van der Waals surface area contributed by atoms with Crippen LogP contribution >= 0.6 is 0 Å². The maximum atomic E-state index is 4.22. The van der Waals surface area contributed by atoms with Gasteiger partial charge in [-0.15, -0.1) is 10.2 Å². The van der Waals surface area contributed by atoms with Gasteiger partial charge in [-0.05, 0) is 29.3 Å². The molecule has 2 aromatic rings. The molecule has 0 aliphatic heterocycles. The topological polar surface area (TPSA) is 55.6 Å². The monoisotopic (exact) mass is 259 g/mol. The third-order valence-electron chi connectivity index (χ3n) is 3.29. The van der Waals surface area contributed by atoms with Crippen molar-refractivity contribution in [2.45, 2.75) is 32.2 Å². The third kappa shape index (κ3) is 3.38. The van der Waals surface area contributed by atoms with Gasteiger partial charge in [0.05, 0.1) is 7.05 Å². The predicted octanol–water partition coefficient (Wildman–Crippen LogP) is 1.84. The van der Waals surface area contributed by atoms with Crippen LogP contribution in [0.15, 0.2) is 24.3 Å². The van der Waals surface area contributed by atoms with Gasteiger partial charge < -0.3 is 5.32 Å². The Kier molecular flexibility index (Phi) is 4.27. The summed E-state index contributed by atoms with van der Waals surface area (Å²) in [6.07, 6.45) is 0.741. The number of tetrazole rings is 1. The molecule has 0 amide bonds. The standard InChI is InChI=1S/C14H21N5/c1-10(2)11-5-7-12(8-6-11)13(15-3)9-14-16-18-19(4)17-14/h5-8,10,13,15H,9H2,1-4H3. The maximum Gasteiger partial charge on any atom is 0.176 e. The number of nitrogens with one attached hydrogen (secondary N) is 1. The third-order valence-corrected chi connectivity index (χ3v) is 3.29. The molecule has 19 heavy (non-hydrogen) atoms. The Bertz CT molecular complexity index is 515. The molecule has 5 heteroatoms. The number of nitrogens with zero attached hydrogens (tertiary/aromatic N) is 4. The Morgan fingerprint density at radius 3 is 2.26 bits per heavy atom. The number of hydrogen-bond acceptors (Lipinski definition) is 4. The number of hydrogen-bond donors (Lipinski definition) is 1. The van der Waals surface area contributed by atoms with E-state index in [4.69, 9.17) is 0 Å². The van der Waals surface area contributed by atoms with Crippen molar-refractivity contribution in [2.75, 3.05) is 7.05 Å². The average Bonchev–Trinajstić information content (AvgIpc) is 2.81. The lowest BCUT2D eigenvalue weighted by molar-refractivity contribution is 0.570. The van der Waals surface area contributed by atoms with Crippen molar-refractivity contribution in [2.24, 2.45) is 7.05 Å². The molecule has 0 aliphatic carbocycles. The van der Waals surface area contributed by atoms with E-state index >= 15 is 0 Å². The van der Waals surface area contributed by atoms with Crippen LogP contribution < -0.4 is 5.32 Å². The van der Waals surface area contributed by atoms with Crippen molar-refractivity contribution in [1.82, 2.24) is 25.5 Å². The summed E-state index contributed by atoms with van der Waals surface area (Å²) in [6.45, 7) is 4.40. The number of benzene rings is 1. The van der Waals surface area contributed by atoms with Crippen LogP contribution in [0.3, 0.4) is 0 Å². The Hall–Kier alpha value is -1.75. The highest BCUT2D eigenvalue weighted by Crippen LogP contribution is 2.20. The summed E-state index contributed by atoms with van der Waals surface area (Å²) >= 11 is 0. The fourth-order valence-electron chi connectivity index (χ4n) is 2.09. The van der Waals surface area contributed by atoms with Crippen molar-refractivity contribution in [1.29, 1.82) is 0 Å². The summed E-state index contributed by atoms with van der Waals surface area (Å²) in [6, 6.07) is 8.94. The lowest BCUT2D eigenvalue weighted by atomic mass is 9.98. The second-order valence-corrected chi connectivity index (χ2v) is 5.06. The molecule has 102 valence electrons. The van der Waals surface area contributed by atoms with Gasteiger partial charge in [-0.25, -0.2) is 0 Å². The lowest BCUT2D eigenvalue weighted by Gasteiger charge is -2.15. The van der Waals surface area contributed by atoms with E-state index in [1.807, 2.05) is 7.05 Å². The molecule has 0 saturated carbocycles. The lowest BCUT2D eigenvalue weighted by Crippen LogP contribution is -2.19. The van der Waals surface area contributed by atoms with E-state index in [0.717, 1.165) is 12.2 Å². The summed E-state index contributed by atoms with van der Waals surface area (Å²) < 4.78 is 0. The first-order chi connectivity index (χ1) is 9.10. The van der Waals surface area contributed by atoms with E-state index in [1.54, 1.807) is 7.05 Å². The van der Waals surface area contributed by atoms with E-state index in [2.05, 4.69) is 58.8 Å². The minimum atomic E-state index is 0.213. The molecule has 0 saturated heterocycles. The van der Waals surface area contributed by atoms with E-state index in [-0.39, 0.29) is 6.04 Å². The Labute approximate surface area is 114 Å². The molecular weight excluding hydrogens is 238 g/mol. The molecule has 0 spiro atoms. The minimum absolute atomic E-state index is 0.213. The van der Waals surface area contributed by atoms with Crippen molar-refractivity contribution in [3.63, 3.8) is 0 Å². The molecule has 2 rings (SSSR count). The highest BCUT2D eigenvalue weighted by atomic mass is 15.6. The molecule has 1 unspecified atom stereocenters. The molecule has 0 aliphatic rings. The van der Waals surface area contributed by atoms with Crippen LogP contribution in [0, 0.1) is 0 Å². The van der Waals surface area contributed by atoms with Gasteiger partial charge in [0.1, 0.15) is 0 Å². The van der Waals surface area contributed by atoms with Crippen molar-refractivity contribution < 1.29 is 0 Å². The van der Waals surface area contributed by atoms with Crippen molar-refractivity contribution in [3.05, 3.63) is 41.2 Å². The first-order valence-electron chi connectivity index (χ1n) is 6.60. The van der Waals surface area contributed by atoms with E-state index in [9.17, 15) is 0 Å². The zero-order valence-electron chi connectivity index (χ0n) is 12.0. The highest BCUT2D eigenvalue weighted by Gasteiger charge is 2.13. The van der Waals surface area contributed by atoms with Gasteiger partial charge in [-0.3, -0.25) is 0 Å². The van der Waals surface area contributed by atoms with Crippen molar-refractivity contribution >= 4 is 0 Å². The molecule has 1 aromatic heterocycles. The van der Waals surface area contributed by atoms with E-state index < -0.39 is 0 Å². The summed E-state index contributed by atoms with van der Waals surface area (Å²) in [5.74, 6) is 1.32. The van der Waals surface area contributed by atoms with Crippen LogP contribution in [0.2, 0.25) is 0 Å². The van der Waals surface area contributed by atoms with Crippen LogP contribution in [0.25, 0.3) is 0 Å². The molecule has 1 N–H and O–H groups in total. The molecule has 1 aromatic carbocycles. The summed E-state index contributed by atoms with van der Waals surface area (Å²) in [4.78, 5) is 1.49. The highest BCUT2D eigenvalue weighted by molar-refractivity contribution is 5.27. The quantitative estimate of drug-likeness (QED) is 0.890. The first-order valence-corrected chi connectivity index (χ1v) is 6.60. The zero-order chi connectivity index (χ0) is 13.8. The number of rotatable bonds is 5. The van der Waals surface area contributed by atoms with Gasteiger partial charge in [0.2, 0.25) is 0 Å². The molecule has 0 radical (unpaired) electrons. The van der Waals surface area contributed by atoms with Crippen LogP contribution in [-0.4, -0.2) is 27.3 Å². The second kappa shape index (κ2) is 5.93. The average molecular weight is 259 g/mol. The SMILES string of the molecule is CNC(Cc1nnn(C)n1)c1ccc(C(C)C)cc1. The Morgan fingerprint density at radius 1 is 1.16 bits per heavy atom. The van der Waals surface area contributed by atoms with Crippen LogP contribution in [-0.2, 0) is 13.5 Å². The molecule has 0 fully saturated rings. The Morgan fingerprint density at radius 2 is 1.79 bits per heavy atom. The van der Waals surface area contributed by atoms with E-state index in [0.29, 0.717) is 5.92 Å². The molecular formula is C14H21N5. The van der Waals surface area contributed by atoms with Gasteiger partial charge in [-0.1, -0.05) is 38.1 Å². The summed E-state index contributed by atoms with van der Waals surface area (Å²) in [5, 5.41) is 15.4. The smallest absolute Gasteiger partial charge is 0.176 e. The first kappa shape index (κ1) is 13.7. The predicted molar refractivity (Wildman–Crippen MR) is 74.8 cm³/mol. The van der Waals surface area contributed by atoms with Crippen LogP contribution in [0.5, 0.6) is 0 Å². The number of likely N-dealkylation sites (N-methyl/N-ethyl adjacent to an activating group) is 1. The second-order valence-electron chi connectivity index (χ2n) is 5.06. The van der Waals surface area contributed by atoms with Gasteiger partial charge in [0.15, 0.2) is 5.82 Å². The summed E-state index contributed by atoms with van der Waals surface area (Å²) in [7, 11) is 3.74. The van der Waals surface area contributed by atoms with Gasteiger partial charge in [0.25, 0.3) is 0 Å². The molecule has 0 bridgehead atoms. The molecule has 1 atom stereocenters. The van der Waals surface area contributed by atoms with Gasteiger partial charge >= 0.3 is 0 Å². The van der Waals surface area contributed by atoms with Crippen LogP contribution in [0.4, 0.5) is 0 Å². The Balaban J connectivity index is 2.12. The summed E-state index contributed by atoms with van der Waals surface area (Å²) in [5.41, 5.74) is 2.61. The largest absolute Gasteiger partial charge is 0.313 e. The zero-order valence-corrected chi connectivity index (χ0v) is 12.0. The number of aromatic nitrogens is 4. The van der Waals surface area contributed by atoms with Gasteiger partial charge in [0, 0.05) is 12.5 Å². The molecule has 1 heterocycles. The molecule has 5 nitrogen and oxygen atoms in total. The fourth-order valence-corrected chi connectivity index (χ4v) is 2.09. The maximum absolute atomic E-state index is 4.22. The minimum Gasteiger partial charge on any atom is -0.313 e. The number of aryl methyl sites for hydroxylation is 1. The van der Waals surface area contributed by atoms with Gasteiger partial charge in [-0.2, -0.15) is 4.80 Å². The fraction of sp³-hybridized carbons (Fsp3) is 0.500. The van der Waals surface area contributed by atoms with Crippen molar-refractivity contribution in [3.8, 4) is 0 Å².